The Hall–Kier alpha value is -4.50. The van der Waals surface area contributed by atoms with Crippen LogP contribution in [0.15, 0.2) is 103 Å². The number of rotatable bonds is 8. The molecule has 0 radical (unpaired) electrons. The van der Waals surface area contributed by atoms with E-state index in [9.17, 15) is 9.59 Å². The average Bonchev–Trinajstić information content (AvgIpc) is 3.62. The van der Waals surface area contributed by atoms with Gasteiger partial charge >= 0.3 is 12.1 Å². The first-order valence-corrected chi connectivity index (χ1v) is 19.8. The second kappa shape index (κ2) is 13.7. The second-order valence-electron chi connectivity index (χ2n) is 14.6. The van der Waals surface area contributed by atoms with Gasteiger partial charge < -0.3 is 13.9 Å². The molecule has 50 heavy (non-hydrogen) atoms. The molecule has 6 aromatic rings. The normalized spacial score (nSPS) is 12.4. The number of carbonyl (C=O) groups is 2. The third-order valence-electron chi connectivity index (χ3n) is 9.00. The summed E-state index contributed by atoms with van der Waals surface area (Å²) in [6, 6.07) is 34.8. The number of aromatic nitrogens is 1. The fourth-order valence-corrected chi connectivity index (χ4v) is 12.8. The van der Waals surface area contributed by atoms with Crippen LogP contribution in [0.1, 0.15) is 70.0 Å². The average molecular weight is 704 g/mol. The molecule has 0 fully saturated rings. The summed E-state index contributed by atoms with van der Waals surface area (Å²) in [6.45, 7) is 16.8. The Kier molecular flexibility index (Phi) is 9.65. The van der Waals surface area contributed by atoms with Crippen LogP contribution in [-0.2, 0) is 20.5 Å². The van der Waals surface area contributed by atoms with E-state index in [1.807, 2.05) is 82.3 Å². The van der Waals surface area contributed by atoms with Gasteiger partial charge in [0.15, 0.2) is 0 Å². The van der Waals surface area contributed by atoms with Crippen molar-refractivity contribution in [3.05, 3.63) is 120 Å². The summed E-state index contributed by atoms with van der Waals surface area (Å²) < 4.78 is 21.4. The second-order valence-corrected chi connectivity index (χ2v) is 20.0. The van der Waals surface area contributed by atoms with Crippen molar-refractivity contribution in [1.29, 1.82) is 0 Å². The lowest BCUT2D eigenvalue weighted by Crippen LogP contribution is -2.66. The highest BCUT2D eigenvalue weighted by Crippen LogP contribution is 2.44. The van der Waals surface area contributed by atoms with Gasteiger partial charge in [0, 0.05) is 15.5 Å². The molecule has 0 atom stereocenters. The van der Waals surface area contributed by atoms with Crippen LogP contribution in [0.4, 0.5) is 4.79 Å². The maximum Gasteiger partial charge on any atom is 0.419 e. The van der Waals surface area contributed by atoms with Gasteiger partial charge in [-0.25, -0.2) is 14.2 Å². The molecule has 0 N–H and O–H groups in total. The van der Waals surface area contributed by atoms with Gasteiger partial charge in [0.1, 0.15) is 5.60 Å². The smallest absolute Gasteiger partial charge is 0.419 e. The number of esters is 1. The number of benzene rings is 4. The molecule has 6 rings (SSSR count). The number of nitrogens with zero attached hydrogens (tertiary/aromatic N) is 1. The van der Waals surface area contributed by atoms with Gasteiger partial charge in [-0.15, -0.1) is 11.3 Å². The van der Waals surface area contributed by atoms with Crippen molar-refractivity contribution in [3.8, 4) is 10.6 Å². The predicted molar refractivity (Wildman–Crippen MR) is 207 cm³/mol. The van der Waals surface area contributed by atoms with Crippen LogP contribution in [0.3, 0.4) is 0 Å². The molecule has 0 aliphatic carbocycles. The number of fused-ring (bicyclic) bond motifs is 2. The van der Waals surface area contributed by atoms with E-state index in [4.69, 9.17) is 13.9 Å². The van der Waals surface area contributed by atoms with Gasteiger partial charge in [-0.1, -0.05) is 99.6 Å². The van der Waals surface area contributed by atoms with Crippen molar-refractivity contribution >= 4 is 63.1 Å². The van der Waals surface area contributed by atoms with Crippen LogP contribution >= 0.6 is 11.3 Å². The Bertz CT molecular complexity index is 2130. The highest BCUT2D eigenvalue weighted by Gasteiger charge is 2.50. The van der Waals surface area contributed by atoms with Crippen molar-refractivity contribution in [1.82, 2.24) is 4.57 Å². The SMILES string of the molecule is CCOC(=O)c1cc(CO[Si](c2ccccc2)(c2ccccc2)C(C)(C)C)c2c(C)c(-c3cc4ccccc4n3C(=O)OC(C)(C)C)sc2c1. The Morgan fingerprint density at radius 3 is 1.98 bits per heavy atom. The maximum atomic E-state index is 13.8. The number of hydrogen-bond donors (Lipinski definition) is 0. The largest absolute Gasteiger partial charge is 0.462 e. The zero-order valence-corrected chi connectivity index (χ0v) is 31.9. The molecule has 0 amide bonds. The van der Waals surface area contributed by atoms with Crippen molar-refractivity contribution in [2.75, 3.05) is 6.61 Å². The quantitative estimate of drug-likeness (QED) is 0.117. The lowest BCUT2D eigenvalue weighted by atomic mass is 10.0. The van der Waals surface area contributed by atoms with Crippen molar-refractivity contribution in [2.24, 2.45) is 0 Å². The minimum atomic E-state index is -2.90. The van der Waals surface area contributed by atoms with Crippen LogP contribution in [-0.4, -0.2) is 37.2 Å². The molecular formula is C42H45NO5SSi. The van der Waals surface area contributed by atoms with Crippen molar-refractivity contribution in [2.45, 2.75) is 72.6 Å². The molecule has 0 aliphatic heterocycles. The van der Waals surface area contributed by atoms with Crippen LogP contribution in [0.25, 0.3) is 31.6 Å². The molecule has 0 saturated heterocycles. The Morgan fingerprint density at radius 2 is 1.40 bits per heavy atom. The zero-order valence-electron chi connectivity index (χ0n) is 30.1. The van der Waals surface area contributed by atoms with Gasteiger partial charge in [-0.2, -0.15) is 0 Å². The predicted octanol–water partition coefficient (Wildman–Crippen LogP) is 9.87. The molecule has 6 nitrogen and oxygen atoms in total. The Morgan fingerprint density at radius 1 is 0.800 bits per heavy atom. The number of ether oxygens (including phenoxy) is 2. The van der Waals surface area contributed by atoms with E-state index in [1.54, 1.807) is 15.9 Å². The third-order valence-corrected chi connectivity index (χ3v) is 15.2. The van der Waals surface area contributed by atoms with Crippen LogP contribution in [0.2, 0.25) is 5.04 Å². The maximum absolute atomic E-state index is 13.8. The molecule has 0 unspecified atom stereocenters. The highest BCUT2D eigenvalue weighted by atomic mass is 32.1. The Labute approximate surface area is 299 Å². The number of thiophene rings is 1. The molecule has 2 aromatic heterocycles. The van der Waals surface area contributed by atoms with Gasteiger partial charge in [0.05, 0.1) is 34.9 Å². The van der Waals surface area contributed by atoms with E-state index in [-0.39, 0.29) is 24.2 Å². The van der Waals surface area contributed by atoms with Crippen LogP contribution in [0.5, 0.6) is 0 Å². The van der Waals surface area contributed by atoms with Gasteiger partial charge in [-0.3, -0.25) is 0 Å². The monoisotopic (exact) mass is 703 g/mol. The summed E-state index contributed by atoms with van der Waals surface area (Å²) in [5, 5.41) is 4.09. The molecule has 8 heteroatoms. The lowest BCUT2D eigenvalue weighted by molar-refractivity contribution is 0.0522. The van der Waals surface area contributed by atoms with Gasteiger partial charge in [0.25, 0.3) is 8.32 Å². The van der Waals surface area contributed by atoms with E-state index in [1.165, 1.54) is 10.4 Å². The topological polar surface area (TPSA) is 66.8 Å². The molecular weight excluding hydrogens is 659 g/mol. The molecule has 0 bridgehead atoms. The molecule has 0 saturated carbocycles. The standard InChI is InChI=1S/C42H45NO5SSi/c1-9-46-39(44)30-24-31(27-47-50(42(6,7)8,32-19-12-10-13-20-32)33-21-14-11-15-22-33)37-28(2)38(49-36(37)26-30)35-25-29-18-16-17-23-34(29)43(35)40(45)48-41(3,4)5/h10-26H,9,27H2,1-8H3. The minimum absolute atomic E-state index is 0.225. The number of para-hydroxylation sites is 1. The summed E-state index contributed by atoms with van der Waals surface area (Å²) >= 11 is 1.56. The summed E-state index contributed by atoms with van der Waals surface area (Å²) in [6.07, 6.45) is -0.437. The highest BCUT2D eigenvalue weighted by molar-refractivity contribution is 7.22. The minimum Gasteiger partial charge on any atom is -0.462 e. The molecule has 2 heterocycles. The van der Waals surface area contributed by atoms with Crippen LogP contribution in [0, 0.1) is 6.92 Å². The first-order chi connectivity index (χ1) is 23.7. The first kappa shape index (κ1) is 35.3. The summed E-state index contributed by atoms with van der Waals surface area (Å²) in [4.78, 5) is 28.0. The van der Waals surface area contributed by atoms with Crippen molar-refractivity contribution < 1.29 is 23.5 Å². The van der Waals surface area contributed by atoms with E-state index in [0.29, 0.717) is 5.56 Å². The number of aryl methyl sites for hydroxylation is 1. The van der Waals surface area contributed by atoms with E-state index >= 15 is 0 Å². The van der Waals surface area contributed by atoms with Crippen molar-refractivity contribution in [3.63, 3.8) is 0 Å². The lowest BCUT2D eigenvalue weighted by Gasteiger charge is -2.43. The van der Waals surface area contributed by atoms with Gasteiger partial charge in [0.2, 0.25) is 0 Å². The fraction of sp³-hybridized carbons (Fsp3) is 0.286. The van der Waals surface area contributed by atoms with E-state index < -0.39 is 20.0 Å². The Balaban J connectivity index is 1.56. The summed E-state index contributed by atoms with van der Waals surface area (Å²) in [5.74, 6) is -0.378. The van der Waals surface area contributed by atoms with Crippen LogP contribution < -0.4 is 10.4 Å². The van der Waals surface area contributed by atoms with Gasteiger partial charge in [-0.05, 0) is 85.4 Å². The molecule has 4 aromatic carbocycles. The van der Waals surface area contributed by atoms with E-state index in [0.717, 1.165) is 42.7 Å². The summed E-state index contributed by atoms with van der Waals surface area (Å²) in [7, 11) is -2.90. The molecule has 0 aliphatic rings. The number of carbonyl (C=O) groups excluding carboxylic acids is 2. The molecule has 258 valence electrons. The number of hydrogen-bond acceptors (Lipinski definition) is 6. The summed E-state index contributed by atoms with van der Waals surface area (Å²) in [5.41, 5.74) is 3.23. The fourth-order valence-electron chi connectivity index (χ4n) is 6.94. The third kappa shape index (κ3) is 6.55. The first-order valence-electron chi connectivity index (χ1n) is 17.1. The zero-order chi connectivity index (χ0) is 35.8. The van der Waals surface area contributed by atoms with E-state index in [2.05, 4.69) is 76.2 Å². The molecule has 0 spiro atoms.